The fourth-order valence-electron chi connectivity index (χ4n) is 4.55. The van der Waals surface area contributed by atoms with Crippen molar-refractivity contribution in [2.75, 3.05) is 12.0 Å². The quantitative estimate of drug-likeness (QED) is 0.300. The van der Waals surface area contributed by atoms with Gasteiger partial charge < -0.3 is 10.1 Å². The standard InChI is InChI=1S/C25H39N3O2S/c1-19(20-11-9-10-12-20)26-23(17-18-31-2)24(29)30-25(27-21-13-5-3-6-14-21)28-22-15-7-4-8-16-22/h9-11,21-23H,3-8,12-18H2,1-2H3,(H,27,28)/t23-/m0/s1. The molecule has 0 radical (unpaired) electrons. The first-order valence-corrected chi connectivity index (χ1v) is 13.5. The lowest BCUT2D eigenvalue weighted by Crippen LogP contribution is -2.41. The average Bonchev–Trinajstić information content (AvgIpc) is 3.33. The van der Waals surface area contributed by atoms with Crippen LogP contribution in [0.1, 0.15) is 84.0 Å². The van der Waals surface area contributed by atoms with E-state index in [1.54, 1.807) is 11.8 Å². The van der Waals surface area contributed by atoms with Gasteiger partial charge in [0.1, 0.15) is 6.04 Å². The highest BCUT2D eigenvalue weighted by Crippen LogP contribution is 2.22. The molecule has 2 fully saturated rings. The van der Waals surface area contributed by atoms with Crippen LogP contribution in [0.25, 0.3) is 0 Å². The molecule has 0 heterocycles. The fourth-order valence-corrected chi connectivity index (χ4v) is 5.01. The molecule has 0 aromatic heterocycles. The molecule has 0 aromatic rings. The molecule has 3 rings (SSSR count). The highest BCUT2D eigenvalue weighted by Gasteiger charge is 2.25. The molecule has 31 heavy (non-hydrogen) atoms. The smallest absolute Gasteiger partial charge is 0.338 e. The lowest BCUT2D eigenvalue weighted by atomic mass is 9.95. The van der Waals surface area contributed by atoms with Crippen LogP contribution in [-0.2, 0) is 9.53 Å². The highest BCUT2D eigenvalue weighted by molar-refractivity contribution is 7.98. The van der Waals surface area contributed by atoms with Gasteiger partial charge in [-0.05, 0) is 63.0 Å². The van der Waals surface area contributed by atoms with Crippen molar-refractivity contribution in [3.8, 4) is 0 Å². The lowest BCUT2D eigenvalue weighted by molar-refractivity contribution is -0.137. The van der Waals surface area contributed by atoms with Crippen LogP contribution >= 0.6 is 11.8 Å². The van der Waals surface area contributed by atoms with Crippen molar-refractivity contribution in [3.63, 3.8) is 0 Å². The molecule has 6 heteroatoms. The molecule has 0 bridgehead atoms. The minimum atomic E-state index is -0.487. The number of allylic oxidation sites excluding steroid dienone is 4. The topological polar surface area (TPSA) is 63.0 Å². The van der Waals surface area contributed by atoms with E-state index >= 15 is 0 Å². The minimum absolute atomic E-state index is 0.261. The van der Waals surface area contributed by atoms with Gasteiger partial charge in [-0.1, -0.05) is 56.8 Å². The summed E-state index contributed by atoms with van der Waals surface area (Å²) in [7, 11) is 0. The molecule has 2 saturated carbocycles. The van der Waals surface area contributed by atoms with Crippen LogP contribution in [0, 0.1) is 0 Å². The number of hydrogen-bond acceptors (Lipinski definition) is 5. The predicted octanol–water partition coefficient (Wildman–Crippen LogP) is 5.61. The van der Waals surface area contributed by atoms with E-state index in [2.05, 4.69) is 23.7 Å². The summed E-state index contributed by atoms with van der Waals surface area (Å²) in [6, 6.07) is 0.567. The Morgan fingerprint density at radius 1 is 1.16 bits per heavy atom. The van der Waals surface area contributed by atoms with E-state index in [0.29, 0.717) is 18.5 Å². The Labute approximate surface area is 192 Å². The molecule has 3 aliphatic rings. The number of rotatable bonds is 8. The molecule has 0 aromatic carbocycles. The second-order valence-corrected chi connectivity index (χ2v) is 9.95. The van der Waals surface area contributed by atoms with Crippen molar-refractivity contribution in [3.05, 3.63) is 23.8 Å². The van der Waals surface area contributed by atoms with Crippen LogP contribution in [0.2, 0.25) is 0 Å². The summed E-state index contributed by atoms with van der Waals surface area (Å²) >= 11 is 1.73. The Kier molecular flexibility index (Phi) is 10.2. The maximum atomic E-state index is 13.2. The third-order valence-electron chi connectivity index (χ3n) is 6.46. The predicted molar refractivity (Wildman–Crippen MR) is 132 cm³/mol. The zero-order valence-corrected chi connectivity index (χ0v) is 20.1. The van der Waals surface area contributed by atoms with Gasteiger partial charge >= 0.3 is 5.97 Å². The molecule has 1 atom stereocenters. The van der Waals surface area contributed by atoms with Crippen LogP contribution in [0.5, 0.6) is 0 Å². The van der Waals surface area contributed by atoms with Crippen molar-refractivity contribution in [2.24, 2.45) is 9.98 Å². The van der Waals surface area contributed by atoms with Gasteiger partial charge in [-0.3, -0.25) is 4.99 Å². The molecule has 0 unspecified atom stereocenters. The summed E-state index contributed by atoms with van der Waals surface area (Å²) in [5.74, 6) is 0.594. The number of esters is 1. The van der Waals surface area contributed by atoms with Gasteiger partial charge in [-0.2, -0.15) is 11.8 Å². The molecule has 1 N–H and O–H groups in total. The van der Waals surface area contributed by atoms with Gasteiger partial charge in [0.05, 0.1) is 6.04 Å². The molecule has 5 nitrogen and oxygen atoms in total. The van der Waals surface area contributed by atoms with Crippen LogP contribution in [0.4, 0.5) is 0 Å². The summed E-state index contributed by atoms with van der Waals surface area (Å²) < 4.78 is 5.93. The number of thioether (sulfide) groups is 1. The number of carbonyl (C=O) groups excluding carboxylic acids is 1. The van der Waals surface area contributed by atoms with E-state index in [-0.39, 0.29) is 12.0 Å². The Balaban J connectivity index is 1.71. The second kappa shape index (κ2) is 13.1. The summed E-state index contributed by atoms with van der Waals surface area (Å²) in [6.07, 6.45) is 21.7. The van der Waals surface area contributed by atoms with Crippen LogP contribution in [0.15, 0.2) is 33.8 Å². The zero-order chi connectivity index (χ0) is 21.9. The van der Waals surface area contributed by atoms with E-state index < -0.39 is 6.04 Å². The van der Waals surface area contributed by atoms with Gasteiger partial charge in [0.15, 0.2) is 0 Å². The molecular weight excluding hydrogens is 406 g/mol. The van der Waals surface area contributed by atoms with Crippen molar-refractivity contribution >= 4 is 29.5 Å². The minimum Gasteiger partial charge on any atom is -0.391 e. The normalized spacial score (nSPS) is 22.3. The Hall–Kier alpha value is -1.56. The molecule has 172 valence electrons. The summed E-state index contributed by atoms with van der Waals surface area (Å²) in [5.41, 5.74) is 2.11. The van der Waals surface area contributed by atoms with E-state index in [1.807, 2.05) is 13.0 Å². The number of hydrogen-bond donors (Lipinski definition) is 1. The van der Waals surface area contributed by atoms with Gasteiger partial charge in [0, 0.05) is 11.8 Å². The number of carbonyl (C=O) groups is 1. The average molecular weight is 446 g/mol. The summed E-state index contributed by atoms with van der Waals surface area (Å²) in [4.78, 5) is 22.9. The molecule has 0 amide bonds. The van der Waals surface area contributed by atoms with Crippen molar-refractivity contribution in [1.29, 1.82) is 0 Å². The van der Waals surface area contributed by atoms with Crippen molar-refractivity contribution in [1.82, 2.24) is 5.32 Å². The Morgan fingerprint density at radius 3 is 2.52 bits per heavy atom. The third kappa shape index (κ3) is 8.13. The number of aliphatic imine (C=N–C) groups is 2. The Bertz CT molecular complexity index is 702. The van der Waals surface area contributed by atoms with Crippen LogP contribution in [0.3, 0.4) is 0 Å². The number of nitrogens with one attached hydrogen (secondary N) is 1. The SMILES string of the molecule is CSCC[C@H](N=C(C)C1=CC=CC1)C(=O)OC(=NC1CCCCC1)NC1CCCCC1. The monoisotopic (exact) mass is 445 g/mol. The lowest BCUT2D eigenvalue weighted by Gasteiger charge is -2.26. The van der Waals surface area contributed by atoms with Crippen LogP contribution < -0.4 is 5.32 Å². The van der Waals surface area contributed by atoms with Gasteiger partial charge in [0.25, 0.3) is 6.02 Å². The second-order valence-electron chi connectivity index (χ2n) is 8.96. The molecular formula is C25H39N3O2S. The fraction of sp³-hybridized carbons (Fsp3) is 0.720. The largest absolute Gasteiger partial charge is 0.391 e. The third-order valence-corrected chi connectivity index (χ3v) is 7.10. The maximum Gasteiger partial charge on any atom is 0.338 e. The molecule has 3 aliphatic carbocycles. The van der Waals surface area contributed by atoms with Crippen LogP contribution in [-0.4, -0.2) is 47.8 Å². The maximum absolute atomic E-state index is 13.2. The van der Waals surface area contributed by atoms with Gasteiger partial charge in [0.2, 0.25) is 0 Å². The van der Waals surface area contributed by atoms with Gasteiger partial charge in [-0.15, -0.1) is 0 Å². The first-order valence-electron chi connectivity index (χ1n) is 12.1. The van der Waals surface area contributed by atoms with Crippen molar-refractivity contribution < 1.29 is 9.53 Å². The molecule has 0 saturated heterocycles. The first-order chi connectivity index (χ1) is 15.2. The van der Waals surface area contributed by atoms with E-state index in [0.717, 1.165) is 43.6 Å². The van der Waals surface area contributed by atoms with Crippen molar-refractivity contribution in [2.45, 2.75) is 102 Å². The number of nitrogens with zero attached hydrogens (tertiary/aromatic N) is 2. The van der Waals surface area contributed by atoms with Gasteiger partial charge in [-0.25, -0.2) is 9.79 Å². The number of ether oxygens (including phenoxy) is 1. The first kappa shape index (κ1) is 24.1. The summed E-state index contributed by atoms with van der Waals surface area (Å²) in [5, 5.41) is 3.49. The highest BCUT2D eigenvalue weighted by atomic mass is 32.2. The number of amidine groups is 1. The van der Waals surface area contributed by atoms with E-state index in [1.165, 1.54) is 44.1 Å². The molecule has 0 spiro atoms. The van der Waals surface area contributed by atoms with E-state index in [4.69, 9.17) is 14.7 Å². The Morgan fingerprint density at radius 2 is 1.87 bits per heavy atom. The molecule has 0 aliphatic heterocycles. The van der Waals surface area contributed by atoms with E-state index in [9.17, 15) is 4.79 Å². The zero-order valence-electron chi connectivity index (χ0n) is 19.3. The summed E-state index contributed by atoms with van der Waals surface area (Å²) in [6.45, 7) is 2.00.